The zero-order valence-electron chi connectivity index (χ0n) is 19.2. The molecule has 0 aromatic carbocycles. The Morgan fingerprint density at radius 1 is 1.33 bits per heavy atom. The van der Waals surface area contributed by atoms with Crippen LogP contribution in [-0.4, -0.2) is 29.2 Å². The molecule has 0 bridgehead atoms. The number of aromatic nitrogens is 1. The lowest BCUT2D eigenvalue weighted by Gasteiger charge is -2.21. The van der Waals surface area contributed by atoms with Crippen LogP contribution in [0.25, 0.3) is 0 Å². The van der Waals surface area contributed by atoms with Gasteiger partial charge in [0.05, 0.1) is 17.7 Å². The third-order valence-corrected chi connectivity index (χ3v) is 8.39. The van der Waals surface area contributed by atoms with Crippen molar-refractivity contribution in [3.8, 4) is 6.07 Å². The van der Waals surface area contributed by atoms with Crippen molar-refractivity contribution in [2.45, 2.75) is 70.2 Å². The molecule has 0 aliphatic heterocycles. The van der Waals surface area contributed by atoms with Crippen molar-refractivity contribution in [3.63, 3.8) is 0 Å². The van der Waals surface area contributed by atoms with Gasteiger partial charge in [-0.2, -0.15) is 5.26 Å². The summed E-state index contributed by atoms with van der Waals surface area (Å²) in [6.45, 7) is 4.33. The van der Waals surface area contributed by atoms with Gasteiger partial charge in [0.1, 0.15) is 16.1 Å². The molecule has 0 spiro atoms. The number of esters is 1. The van der Waals surface area contributed by atoms with Gasteiger partial charge in [0, 0.05) is 22.7 Å². The van der Waals surface area contributed by atoms with Crippen LogP contribution >= 0.6 is 23.1 Å². The minimum Gasteiger partial charge on any atom is -0.462 e. The van der Waals surface area contributed by atoms with Crippen molar-refractivity contribution in [2.75, 3.05) is 17.7 Å². The number of aryl methyl sites for hydroxylation is 2. The number of amides is 1. The highest BCUT2D eigenvalue weighted by atomic mass is 32.2. The van der Waals surface area contributed by atoms with Crippen LogP contribution in [0.4, 0.5) is 5.00 Å². The van der Waals surface area contributed by atoms with E-state index in [1.165, 1.54) is 33.5 Å². The van der Waals surface area contributed by atoms with Gasteiger partial charge < -0.3 is 10.1 Å². The summed E-state index contributed by atoms with van der Waals surface area (Å²) in [6.07, 6.45) is 7.25. The molecule has 1 amide bonds. The smallest absolute Gasteiger partial charge is 0.341 e. The molecule has 2 aliphatic carbocycles. The number of nitrogens with zero attached hydrogens (tertiary/aromatic N) is 2. The number of carbonyl (C=O) groups excluding carboxylic acids is 2. The van der Waals surface area contributed by atoms with Crippen LogP contribution in [0, 0.1) is 17.2 Å². The molecule has 6 nitrogen and oxygen atoms in total. The van der Waals surface area contributed by atoms with Gasteiger partial charge in [-0.25, -0.2) is 9.78 Å². The highest BCUT2D eigenvalue weighted by Crippen LogP contribution is 2.39. The van der Waals surface area contributed by atoms with Gasteiger partial charge in [0.2, 0.25) is 5.91 Å². The molecular formula is C25H29N3O3S2. The van der Waals surface area contributed by atoms with Crippen molar-refractivity contribution in [1.29, 1.82) is 5.26 Å². The van der Waals surface area contributed by atoms with E-state index in [1.807, 2.05) is 6.07 Å². The molecule has 33 heavy (non-hydrogen) atoms. The molecule has 2 aromatic rings. The average Bonchev–Trinajstić information content (AvgIpc) is 3.16. The molecule has 2 heterocycles. The molecular weight excluding hydrogens is 454 g/mol. The maximum atomic E-state index is 12.7. The molecule has 0 saturated carbocycles. The highest BCUT2D eigenvalue weighted by molar-refractivity contribution is 7.99. The number of fused-ring (bicyclic) bond motifs is 2. The molecule has 0 fully saturated rings. The fourth-order valence-electron chi connectivity index (χ4n) is 4.52. The number of pyridine rings is 1. The minimum absolute atomic E-state index is 0.142. The SMILES string of the molecule is CCOC(=O)c1c(NC(=O)CCSc2nc3c(cc2C#N)CC(C)CC3)sc2c1CCCC2. The van der Waals surface area contributed by atoms with Crippen molar-refractivity contribution >= 4 is 40.0 Å². The van der Waals surface area contributed by atoms with E-state index in [9.17, 15) is 14.9 Å². The summed E-state index contributed by atoms with van der Waals surface area (Å²) in [6, 6.07) is 4.24. The number of ether oxygens (including phenoxy) is 1. The second kappa shape index (κ2) is 10.7. The summed E-state index contributed by atoms with van der Waals surface area (Å²) in [5, 5.41) is 13.8. The summed E-state index contributed by atoms with van der Waals surface area (Å²) in [7, 11) is 0. The molecule has 1 unspecified atom stereocenters. The van der Waals surface area contributed by atoms with Gasteiger partial charge >= 0.3 is 5.97 Å². The van der Waals surface area contributed by atoms with Crippen LogP contribution in [0.2, 0.25) is 0 Å². The number of rotatable bonds is 7. The third-order valence-electron chi connectivity index (χ3n) is 6.19. The number of nitrogens with one attached hydrogen (secondary N) is 1. The van der Waals surface area contributed by atoms with Crippen LogP contribution in [0.3, 0.4) is 0 Å². The first-order valence-corrected chi connectivity index (χ1v) is 13.5. The third kappa shape index (κ3) is 5.42. The lowest BCUT2D eigenvalue weighted by atomic mass is 9.87. The Hall–Kier alpha value is -2.37. The summed E-state index contributed by atoms with van der Waals surface area (Å²) >= 11 is 2.95. The number of thioether (sulfide) groups is 1. The summed E-state index contributed by atoms with van der Waals surface area (Å²) in [5.74, 6) is 0.642. The molecule has 174 valence electrons. The van der Waals surface area contributed by atoms with E-state index in [4.69, 9.17) is 9.72 Å². The Bertz CT molecular complexity index is 1100. The van der Waals surface area contributed by atoms with E-state index in [1.54, 1.807) is 6.92 Å². The lowest BCUT2D eigenvalue weighted by molar-refractivity contribution is -0.115. The topological polar surface area (TPSA) is 92.1 Å². The van der Waals surface area contributed by atoms with Gasteiger partial charge in [-0.3, -0.25) is 4.79 Å². The standard InChI is InChI=1S/C25H29N3O3S2/c1-3-31-25(30)22-18-6-4-5-7-20(18)33-24(22)28-21(29)10-11-32-23-17(14-26)13-16-12-15(2)8-9-19(16)27-23/h13,15H,3-12H2,1-2H3,(H,28,29). The van der Waals surface area contributed by atoms with Crippen molar-refractivity contribution < 1.29 is 14.3 Å². The van der Waals surface area contributed by atoms with Crippen LogP contribution in [-0.2, 0) is 35.2 Å². The van der Waals surface area contributed by atoms with Gasteiger partial charge in [-0.05, 0) is 75.0 Å². The van der Waals surface area contributed by atoms with E-state index in [2.05, 4.69) is 18.3 Å². The maximum absolute atomic E-state index is 12.7. The second-order valence-corrected chi connectivity index (χ2v) is 10.9. The predicted octanol–water partition coefficient (Wildman–Crippen LogP) is 5.32. The fraction of sp³-hybridized carbons (Fsp3) is 0.520. The predicted molar refractivity (Wildman–Crippen MR) is 131 cm³/mol. The number of hydrogen-bond donors (Lipinski definition) is 1. The molecule has 1 N–H and O–H groups in total. The van der Waals surface area contributed by atoms with E-state index >= 15 is 0 Å². The van der Waals surface area contributed by atoms with E-state index in [0.717, 1.165) is 56.2 Å². The first-order valence-electron chi connectivity index (χ1n) is 11.7. The number of anilines is 1. The molecule has 4 rings (SSSR count). The van der Waals surface area contributed by atoms with Crippen LogP contribution < -0.4 is 5.32 Å². The van der Waals surface area contributed by atoms with Gasteiger partial charge in [0.25, 0.3) is 0 Å². The van der Waals surface area contributed by atoms with Crippen LogP contribution in [0.15, 0.2) is 11.1 Å². The quantitative estimate of drug-likeness (QED) is 0.423. The molecule has 1 atom stereocenters. The molecule has 8 heteroatoms. The van der Waals surface area contributed by atoms with Gasteiger partial charge in [-0.1, -0.05) is 6.92 Å². The molecule has 0 radical (unpaired) electrons. The van der Waals surface area contributed by atoms with Gasteiger partial charge in [0.15, 0.2) is 0 Å². The maximum Gasteiger partial charge on any atom is 0.341 e. The first kappa shape index (κ1) is 23.8. The summed E-state index contributed by atoms with van der Waals surface area (Å²) < 4.78 is 5.26. The largest absolute Gasteiger partial charge is 0.462 e. The lowest BCUT2D eigenvalue weighted by Crippen LogP contribution is -2.16. The fourth-order valence-corrected chi connectivity index (χ4v) is 6.73. The number of carbonyl (C=O) groups is 2. The number of nitriles is 1. The van der Waals surface area contributed by atoms with Crippen molar-refractivity contribution in [3.05, 3.63) is 38.9 Å². The van der Waals surface area contributed by atoms with Crippen molar-refractivity contribution in [1.82, 2.24) is 4.98 Å². The number of hydrogen-bond acceptors (Lipinski definition) is 7. The van der Waals surface area contributed by atoms with Crippen LogP contribution in [0.5, 0.6) is 0 Å². The Morgan fingerprint density at radius 3 is 2.94 bits per heavy atom. The molecule has 2 aromatic heterocycles. The first-order chi connectivity index (χ1) is 16.0. The van der Waals surface area contributed by atoms with Crippen LogP contribution in [0.1, 0.15) is 77.2 Å². The Labute approximate surface area is 203 Å². The summed E-state index contributed by atoms with van der Waals surface area (Å²) in [5.41, 5.74) is 4.43. The Morgan fingerprint density at radius 2 is 2.15 bits per heavy atom. The zero-order chi connectivity index (χ0) is 23.4. The summed E-state index contributed by atoms with van der Waals surface area (Å²) in [4.78, 5) is 31.2. The van der Waals surface area contributed by atoms with E-state index in [0.29, 0.717) is 39.4 Å². The Kier molecular flexibility index (Phi) is 7.71. The zero-order valence-corrected chi connectivity index (χ0v) is 20.8. The second-order valence-electron chi connectivity index (χ2n) is 8.69. The molecule has 0 saturated heterocycles. The number of thiophene rings is 1. The van der Waals surface area contributed by atoms with Crippen molar-refractivity contribution in [2.24, 2.45) is 5.92 Å². The van der Waals surface area contributed by atoms with E-state index < -0.39 is 0 Å². The molecule has 2 aliphatic rings. The monoisotopic (exact) mass is 483 g/mol. The van der Waals surface area contributed by atoms with E-state index in [-0.39, 0.29) is 18.3 Å². The normalized spacial score (nSPS) is 16.9. The Balaban J connectivity index is 1.41. The average molecular weight is 484 g/mol. The van der Waals surface area contributed by atoms with Gasteiger partial charge in [-0.15, -0.1) is 23.1 Å². The minimum atomic E-state index is -0.354. The highest BCUT2D eigenvalue weighted by Gasteiger charge is 2.27.